The van der Waals surface area contributed by atoms with Crippen molar-refractivity contribution in [2.24, 2.45) is 0 Å². The monoisotopic (exact) mass is 256 g/mol. The lowest BCUT2D eigenvalue weighted by Gasteiger charge is -2.36. The van der Waals surface area contributed by atoms with Crippen LogP contribution in [0.5, 0.6) is 0 Å². The van der Waals surface area contributed by atoms with E-state index in [0.717, 1.165) is 0 Å². The second-order valence-corrected chi connectivity index (χ2v) is 10.5. The molecule has 0 aromatic rings. The van der Waals surface area contributed by atoms with Crippen LogP contribution in [0.25, 0.3) is 0 Å². The van der Waals surface area contributed by atoms with Gasteiger partial charge >= 0.3 is 0 Å². The summed E-state index contributed by atoms with van der Waals surface area (Å²) in [6, 6.07) is 0. The van der Waals surface area contributed by atoms with Gasteiger partial charge in [0.25, 0.3) is 0 Å². The van der Waals surface area contributed by atoms with E-state index in [0.29, 0.717) is 18.6 Å². The van der Waals surface area contributed by atoms with Crippen molar-refractivity contribution in [3.63, 3.8) is 0 Å². The molecular formula is C14H25FOSi. The van der Waals surface area contributed by atoms with Crippen molar-refractivity contribution in [1.82, 2.24) is 0 Å². The Morgan fingerprint density at radius 1 is 1.35 bits per heavy atom. The molecule has 17 heavy (non-hydrogen) atoms. The number of allylic oxidation sites excluding steroid dienone is 3. The molecule has 0 aromatic heterocycles. The van der Waals surface area contributed by atoms with Gasteiger partial charge in [-0.15, -0.1) is 0 Å². The molecule has 0 N–H and O–H groups in total. The van der Waals surface area contributed by atoms with E-state index in [1.54, 1.807) is 12.2 Å². The summed E-state index contributed by atoms with van der Waals surface area (Å²) in [6.45, 7) is 18.4. The molecule has 0 spiro atoms. The van der Waals surface area contributed by atoms with Crippen molar-refractivity contribution in [2.45, 2.75) is 45.3 Å². The Hall–Kier alpha value is -0.673. The minimum absolute atomic E-state index is 0.183. The first kappa shape index (κ1) is 16.3. The molecule has 0 saturated carbocycles. The molecule has 1 nitrogen and oxygen atoms in total. The molecule has 98 valence electrons. The number of hydrogen-bond acceptors (Lipinski definition) is 1. The van der Waals surface area contributed by atoms with E-state index in [2.05, 4.69) is 47.0 Å². The van der Waals surface area contributed by atoms with E-state index in [9.17, 15) is 4.39 Å². The Bertz CT molecular complexity index is 311. The molecule has 3 heteroatoms. The Balaban J connectivity index is 4.37. The van der Waals surface area contributed by atoms with E-state index < -0.39 is 14.1 Å². The lowest BCUT2D eigenvalue weighted by molar-refractivity contribution is 0.291. The highest BCUT2D eigenvalue weighted by atomic mass is 28.4. The van der Waals surface area contributed by atoms with Crippen molar-refractivity contribution < 1.29 is 8.82 Å². The lowest BCUT2D eigenvalue weighted by Crippen LogP contribution is -2.41. The number of halogens is 1. The Morgan fingerprint density at radius 2 is 1.88 bits per heavy atom. The minimum Gasteiger partial charge on any atom is -0.416 e. The summed E-state index contributed by atoms with van der Waals surface area (Å²) in [4.78, 5) is 0. The van der Waals surface area contributed by atoms with E-state index in [-0.39, 0.29) is 5.04 Å². The highest BCUT2D eigenvalue weighted by Gasteiger charge is 2.36. The number of hydrogen-bond donors (Lipinski definition) is 0. The largest absolute Gasteiger partial charge is 0.416 e. The van der Waals surface area contributed by atoms with Gasteiger partial charge in [0.2, 0.25) is 0 Å². The molecule has 0 rings (SSSR count). The van der Waals surface area contributed by atoms with Crippen LogP contribution >= 0.6 is 0 Å². The zero-order chi connectivity index (χ0) is 13.7. The maximum atomic E-state index is 13.1. The normalized spacial score (nSPS) is 13.6. The van der Waals surface area contributed by atoms with Crippen LogP contribution in [-0.4, -0.2) is 14.9 Å². The Morgan fingerprint density at radius 3 is 2.24 bits per heavy atom. The molecule has 0 fully saturated rings. The molecule has 0 unspecified atom stereocenters. The first-order chi connectivity index (χ1) is 7.62. The van der Waals surface area contributed by atoms with Gasteiger partial charge in [-0.05, 0) is 30.1 Å². The van der Waals surface area contributed by atoms with E-state index >= 15 is 0 Å². The smallest absolute Gasteiger partial charge is 0.191 e. The SMILES string of the molecule is C=C/C=C(/CCO[Si](C)(C)C(C)(C)C)C(=C)F. The average Bonchev–Trinajstić information content (AvgIpc) is 2.14. The Kier molecular flexibility index (Phi) is 6.06. The van der Waals surface area contributed by atoms with Crippen LogP contribution in [0.4, 0.5) is 4.39 Å². The topological polar surface area (TPSA) is 9.23 Å². The summed E-state index contributed by atoms with van der Waals surface area (Å²) in [5.41, 5.74) is 0.568. The van der Waals surface area contributed by atoms with Crippen molar-refractivity contribution in [3.8, 4) is 0 Å². The zero-order valence-electron chi connectivity index (χ0n) is 11.8. The summed E-state index contributed by atoms with van der Waals surface area (Å²) in [6.07, 6.45) is 3.78. The molecule has 0 aromatic carbocycles. The Labute approximate surface area is 106 Å². The molecule has 0 aliphatic rings. The fraction of sp³-hybridized carbons (Fsp3) is 0.571. The zero-order valence-corrected chi connectivity index (χ0v) is 12.8. The van der Waals surface area contributed by atoms with Gasteiger partial charge in [-0.3, -0.25) is 0 Å². The van der Waals surface area contributed by atoms with Gasteiger partial charge < -0.3 is 4.43 Å². The molecular weight excluding hydrogens is 231 g/mol. The minimum atomic E-state index is -1.73. The second-order valence-electron chi connectivity index (χ2n) is 5.69. The fourth-order valence-electron chi connectivity index (χ4n) is 1.08. The van der Waals surface area contributed by atoms with Gasteiger partial charge in [-0.25, -0.2) is 4.39 Å². The summed E-state index contributed by atoms with van der Waals surface area (Å²) in [5, 5.41) is 0.183. The van der Waals surface area contributed by atoms with Crippen LogP contribution in [0.2, 0.25) is 18.1 Å². The summed E-state index contributed by atoms with van der Waals surface area (Å²) in [5.74, 6) is -0.399. The van der Waals surface area contributed by atoms with Crippen molar-refractivity contribution >= 4 is 8.32 Å². The first-order valence-electron chi connectivity index (χ1n) is 5.92. The molecule has 0 atom stereocenters. The van der Waals surface area contributed by atoms with Gasteiger partial charge in [0.1, 0.15) is 5.83 Å². The lowest BCUT2D eigenvalue weighted by atomic mass is 10.1. The average molecular weight is 256 g/mol. The highest BCUT2D eigenvalue weighted by Crippen LogP contribution is 2.36. The van der Waals surface area contributed by atoms with Crippen molar-refractivity contribution in [3.05, 3.63) is 36.7 Å². The van der Waals surface area contributed by atoms with Crippen molar-refractivity contribution in [1.29, 1.82) is 0 Å². The molecule has 0 heterocycles. The van der Waals surface area contributed by atoms with Gasteiger partial charge in [-0.1, -0.05) is 46.1 Å². The van der Waals surface area contributed by atoms with Gasteiger partial charge in [0, 0.05) is 6.61 Å². The third-order valence-electron chi connectivity index (χ3n) is 3.31. The standard InChI is InChI=1S/C14H25FOSi/c1-8-9-13(12(2)15)10-11-16-17(6,7)14(3,4)5/h8-9H,1-2,10-11H2,3-7H3/b13-9-. The summed E-state index contributed by atoms with van der Waals surface area (Å²) >= 11 is 0. The second kappa shape index (κ2) is 6.31. The molecule has 0 saturated heterocycles. The summed E-state index contributed by atoms with van der Waals surface area (Å²) in [7, 11) is -1.73. The predicted octanol–water partition coefficient (Wildman–Crippen LogP) is 4.99. The van der Waals surface area contributed by atoms with Gasteiger partial charge in [0.05, 0.1) is 0 Å². The van der Waals surface area contributed by atoms with Gasteiger partial charge in [-0.2, -0.15) is 0 Å². The van der Waals surface area contributed by atoms with E-state index in [4.69, 9.17) is 4.43 Å². The van der Waals surface area contributed by atoms with Crippen LogP contribution < -0.4 is 0 Å². The molecule has 0 aliphatic heterocycles. The van der Waals surface area contributed by atoms with Gasteiger partial charge in [0.15, 0.2) is 8.32 Å². The fourth-order valence-corrected chi connectivity index (χ4v) is 2.13. The maximum Gasteiger partial charge on any atom is 0.191 e. The summed E-state index contributed by atoms with van der Waals surface area (Å²) < 4.78 is 19.0. The molecule has 0 bridgehead atoms. The molecule has 0 amide bonds. The van der Waals surface area contributed by atoms with E-state index in [1.165, 1.54) is 0 Å². The maximum absolute atomic E-state index is 13.1. The molecule has 0 aliphatic carbocycles. The van der Waals surface area contributed by atoms with Crippen LogP contribution in [0.3, 0.4) is 0 Å². The highest BCUT2D eigenvalue weighted by molar-refractivity contribution is 6.74. The third-order valence-corrected chi connectivity index (χ3v) is 7.85. The van der Waals surface area contributed by atoms with Crippen LogP contribution in [0.15, 0.2) is 36.7 Å². The quantitative estimate of drug-likeness (QED) is 0.480. The first-order valence-corrected chi connectivity index (χ1v) is 8.83. The van der Waals surface area contributed by atoms with Crippen molar-refractivity contribution in [2.75, 3.05) is 6.61 Å². The van der Waals surface area contributed by atoms with Crippen LogP contribution in [0.1, 0.15) is 27.2 Å². The molecule has 0 radical (unpaired) electrons. The van der Waals surface area contributed by atoms with Crippen LogP contribution in [0, 0.1) is 0 Å². The number of rotatable bonds is 6. The van der Waals surface area contributed by atoms with E-state index in [1.807, 2.05) is 0 Å². The van der Waals surface area contributed by atoms with Crippen LogP contribution in [-0.2, 0) is 4.43 Å². The third kappa shape index (κ3) is 5.46. The predicted molar refractivity (Wildman–Crippen MR) is 76.3 cm³/mol.